The van der Waals surface area contributed by atoms with Crippen molar-refractivity contribution in [2.24, 2.45) is 17.8 Å². The van der Waals surface area contributed by atoms with Gasteiger partial charge in [0.1, 0.15) is 35.8 Å². The number of amides is 4. The number of nitrogens with one attached hydrogen (secondary N) is 4. The van der Waals surface area contributed by atoms with Gasteiger partial charge in [-0.05, 0) is 74.6 Å². The Morgan fingerprint density at radius 1 is 1.07 bits per heavy atom. The highest BCUT2D eigenvalue weighted by atomic mass is 16.5. The number of cyclic esters (lactones) is 1. The molecule has 4 amide bonds. The SMILES string of the molecule is C=CCNC(=O)C=CC=C(C)[C@@H]1CC=CC=CC[C@H](C)[C@@H](O)[C@@H](CCC(C)=O)C(=O)N[C@@H](C(C)C)C(=O)N[C@@H](Cc2cccc(O)c2)C(=O)N2CCCC(N2)C(=O)O1. The lowest BCUT2D eigenvalue weighted by Gasteiger charge is -2.36. The number of Topliss-reactive ketones (excluding diaryl/α,β-unsaturated/α-hetero) is 1. The third-order valence-corrected chi connectivity index (χ3v) is 10.1. The van der Waals surface area contributed by atoms with Crippen molar-refractivity contribution in [1.82, 2.24) is 26.4 Å². The molecule has 2 bridgehead atoms. The lowest BCUT2D eigenvalue weighted by molar-refractivity contribution is -0.156. The molecule has 1 aromatic rings. The van der Waals surface area contributed by atoms with Gasteiger partial charge in [0.05, 0.1) is 12.0 Å². The summed E-state index contributed by atoms with van der Waals surface area (Å²) in [6.45, 7) is 12.6. The molecule has 14 heteroatoms. The number of rotatable bonds is 11. The number of nitrogens with zero attached hydrogens (tertiary/aromatic N) is 1. The average Bonchev–Trinajstić information content (AvgIpc) is 3.18. The van der Waals surface area contributed by atoms with Gasteiger partial charge < -0.3 is 35.7 Å². The van der Waals surface area contributed by atoms with Gasteiger partial charge in [0.15, 0.2) is 0 Å². The number of phenols is 1. The van der Waals surface area contributed by atoms with Crippen LogP contribution in [0.3, 0.4) is 0 Å². The van der Waals surface area contributed by atoms with E-state index in [2.05, 4.69) is 28.0 Å². The van der Waals surface area contributed by atoms with Crippen LogP contribution in [-0.4, -0.2) is 94.0 Å². The van der Waals surface area contributed by atoms with Gasteiger partial charge in [-0.25, -0.2) is 5.43 Å². The minimum atomic E-state index is -1.18. The number of hydrogen-bond acceptors (Lipinski definition) is 10. The molecule has 1 aromatic carbocycles. The average molecular weight is 804 g/mol. The van der Waals surface area contributed by atoms with Crippen LogP contribution in [0.25, 0.3) is 0 Å². The minimum absolute atomic E-state index is 0.0203. The summed E-state index contributed by atoms with van der Waals surface area (Å²) < 4.78 is 6.03. The van der Waals surface area contributed by atoms with E-state index in [1.54, 1.807) is 70.2 Å². The first-order valence-corrected chi connectivity index (χ1v) is 20.0. The first-order chi connectivity index (χ1) is 27.6. The van der Waals surface area contributed by atoms with Crippen molar-refractivity contribution in [1.29, 1.82) is 0 Å². The van der Waals surface area contributed by atoms with E-state index >= 15 is 0 Å². The lowest BCUT2D eigenvalue weighted by atomic mass is 9.85. The van der Waals surface area contributed by atoms with Crippen LogP contribution in [0.1, 0.15) is 78.7 Å². The Hall–Kier alpha value is -5.34. The monoisotopic (exact) mass is 803 g/mol. The van der Waals surface area contributed by atoms with Crippen molar-refractivity contribution in [3.05, 3.63) is 90.6 Å². The van der Waals surface area contributed by atoms with Gasteiger partial charge in [-0.2, -0.15) is 0 Å². The van der Waals surface area contributed by atoms with Gasteiger partial charge in [0.25, 0.3) is 5.91 Å². The first kappa shape index (κ1) is 47.0. The summed E-state index contributed by atoms with van der Waals surface area (Å²) in [6, 6.07) is 3.11. The van der Waals surface area contributed by atoms with Crippen LogP contribution >= 0.6 is 0 Å². The summed E-state index contributed by atoms with van der Waals surface area (Å²) in [6.07, 6.45) is 13.2. The van der Waals surface area contributed by atoms with Crippen molar-refractivity contribution < 1.29 is 43.7 Å². The number of allylic oxidation sites excluding steroid dienone is 5. The highest BCUT2D eigenvalue weighted by molar-refractivity contribution is 5.93. The number of carbonyl (C=O) groups is 6. The fraction of sp³-hybridized carbons (Fsp3) is 0.500. The number of carbonyl (C=O) groups excluding carboxylic acids is 6. The second-order valence-corrected chi connectivity index (χ2v) is 15.4. The van der Waals surface area contributed by atoms with Crippen LogP contribution in [0.2, 0.25) is 0 Å². The third-order valence-electron chi connectivity index (χ3n) is 10.1. The number of benzene rings is 1. The number of fused-ring (bicyclic) bond motifs is 2. The summed E-state index contributed by atoms with van der Waals surface area (Å²) in [7, 11) is 0. The molecule has 7 atom stereocenters. The number of hydrazine groups is 1. The predicted molar refractivity (Wildman–Crippen MR) is 220 cm³/mol. The fourth-order valence-corrected chi connectivity index (χ4v) is 6.66. The Balaban J connectivity index is 2.04. The summed E-state index contributed by atoms with van der Waals surface area (Å²) >= 11 is 0. The lowest BCUT2D eigenvalue weighted by Crippen LogP contribution is -2.62. The molecule has 6 N–H and O–H groups in total. The normalized spacial score (nSPS) is 25.9. The summed E-state index contributed by atoms with van der Waals surface area (Å²) in [5.74, 6) is -4.69. The van der Waals surface area contributed by atoms with E-state index in [1.165, 1.54) is 30.1 Å². The zero-order valence-corrected chi connectivity index (χ0v) is 34.3. The Labute approximate surface area is 341 Å². The van der Waals surface area contributed by atoms with Crippen LogP contribution in [0.4, 0.5) is 0 Å². The van der Waals surface area contributed by atoms with Crippen molar-refractivity contribution in [3.8, 4) is 5.75 Å². The van der Waals surface area contributed by atoms with E-state index in [-0.39, 0.29) is 49.7 Å². The van der Waals surface area contributed by atoms with Gasteiger partial charge in [-0.1, -0.05) is 75.4 Å². The van der Waals surface area contributed by atoms with E-state index in [4.69, 9.17) is 4.74 Å². The van der Waals surface area contributed by atoms with Crippen LogP contribution in [-0.2, 0) is 39.9 Å². The largest absolute Gasteiger partial charge is 0.508 e. The molecule has 2 aliphatic rings. The Bertz CT molecular complexity index is 1730. The van der Waals surface area contributed by atoms with Crippen LogP contribution in [0.5, 0.6) is 5.75 Å². The van der Waals surface area contributed by atoms with Gasteiger partial charge in [-0.3, -0.25) is 29.0 Å². The Morgan fingerprint density at radius 2 is 1.79 bits per heavy atom. The molecule has 0 spiro atoms. The van der Waals surface area contributed by atoms with Crippen molar-refractivity contribution in [3.63, 3.8) is 0 Å². The third kappa shape index (κ3) is 15.2. The maximum atomic E-state index is 14.3. The molecule has 3 rings (SSSR count). The highest BCUT2D eigenvalue weighted by Crippen LogP contribution is 2.24. The molecule has 316 valence electrons. The zero-order chi connectivity index (χ0) is 42.8. The number of aliphatic hydroxyl groups is 1. The Morgan fingerprint density at radius 3 is 2.47 bits per heavy atom. The number of esters is 1. The number of ketones is 1. The minimum Gasteiger partial charge on any atom is -0.508 e. The van der Waals surface area contributed by atoms with Crippen LogP contribution in [0.15, 0.2) is 85.0 Å². The van der Waals surface area contributed by atoms with E-state index in [0.29, 0.717) is 36.9 Å². The van der Waals surface area contributed by atoms with Crippen molar-refractivity contribution in [2.45, 2.75) is 110 Å². The number of hydrogen-bond donors (Lipinski definition) is 6. The van der Waals surface area contributed by atoms with E-state index in [0.717, 1.165) is 0 Å². The van der Waals surface area contributed by atoms with Crippen LogP contribution in [0, 0.1) is 17.8 Å². The molecule has 1 saturated heterocycles. The van der Waals surface area contributed by atoms with E-state index in [1.807, 2.05) is 12.2 Å². The molecular weight excluding hydrogens is 743 g/mol. The molecule has 0 aliphatic carbocycles. The number of aromatic hydroxyl groups is 1. The topological polar surface area (TPSA) is 203 Å². The van der Waals surface area contributed by atoms with Crippen LogP contribution < -0.4 is 21.4 Å². The molecule has 0 saturated carbocycles. The molecule has 1 unspecified atom stereocenters. The van der Waals surface area contributed by atoms with Crippen molar-refractivity contribution >= 4 is 35.4 Å². The number of ether oxygens (including phenoxy) is 1. The standard InChI is InChI=1S/C44H61N5O9/c1-7-24-45-38(52)21-12-16-29(4)37-20-11-9-8-10-15-30(5)40(53)34(23-22-31(6)50)41(54)47-39(28(2)3)42(55)46-36(27-32-17-13-18-33(51)26-32)43(56)49-25-14-19-35(48-49)44(57)58-37/h7-13,16-18,21,26,28,30,34-37,39-40,48,51,53H,1,14-15,19-20,22-25,27H2,2-6H3,(H,45,52)(H,46,55)(H,47,54)/t30-,34+,35?,36-,37-,39-,40+/m0/s1. The van der Waals surface area contributed by atoms with Crippen molar-refractivity contribution in [2.75, 3.05) is 13.1 Å². The van der Waals surface area contributed by atoms with E-state index < -0.39 is 71.8 Å². The number of aliphatic hydroxyl groups excluding tert-OH is 1. The molecule has 2 heterocycles. The second-order valence-electron chi connectivity index (χ2n) is 15.4. The zero-order valence-electron chi connectivity index (χ0n) is 34.3. The molecule has 2 aliphatic heterocycles. The molecule has 1 fully saturated rings. The molecule has 58 heavy (non-hydrogen) atoms. The highest BCUT2D eigenvalue weighted by Gasteiger charge is 2.37. The Kier molecular flexibility index (Phi) is 19.3. The molecule has 0 aromatic heterocycles. The number of phenolic OH excluding ortho intramolecular Hbond substituents is 1. The van der Waals surface area contributed by atoms with Gasteiger partial charge in [0.2, 0.25) is 17.7 Å². The van der Waals surface area contributed by atoms with Gasteiger partial charge >= 0.3 is 5.97 Å². The quantitative estimate of drug-likeness (QED) is 0.0830. The van der Waals surface area contributed by atoms with Gasteiger partial charge in [-0.15, -0.1) is 6.58 Å². The smallest absolute Gasteiger partial charge is 0.325 e. The second kappa shape index (κ2) is 23.8. The summed E-state index contributed by atoms with van der Waals surface area (Å²) in [5, 5.41) is 31.2. The summed E-state index contributed by atoms with van der Waals surface area (Å²) in [4.78, 5) is 80.0. The first-order valence-electron chi connectivity index (χ1n) is 20.0. The maximum Gasteiger partial charge on any atom is 0.325 e. The molecule has 0 radical (unpaired) electrons. The predicted octanol–water partition coefficient (Wildman–Crippen LogP) is 3.66. The van der Waals surface area contributed by atoms with E-state index in [9.17, 15) is 39.0 Å². The van der Waals surface area contributed by atoms with Gasteiger partial charge in [0, 0.05) is 38.4 Å². The molecular formula is C44H61N5O9. The fourth-order valence-electron chi connectivity index (χ4n) is 6.66. The maximum absolute atomic E-state index is 14.3. The summed E-state index contributed by atoms with van der Waals surface area (Å²) in [5.41, 5.74) is 4.22. The molecule has 14 nitrogen and oxygen atoms in total.